The van der Waals surface area contributed by atoms with Crippen LogP contribution in [-0.2, 0) is 41.6 Å². The minimum absolute atomic E-state index is 0.00654. The van der Waals surface area contributed by atoms with Crippen molar-refractivity contribution in [1.82, 2.24) is 20.3 Å². The molecule has 2 atom stereocenters. The number of aromatic nitrogens is 3. The van der Waals surface area contributed by atoms with Gasteiger partial charge in [-0.3, -0.25) is 23.9 Å². The van der Waals surface area contributed by atoms with Crippen LogP contribution < -0.4 is 5.32 Å². The summed E-state index contributed by atoms with van der Waals surface area (Å²) >= 11 is 0. The van der Waals surface area contributed by atoms with Gasteiger partial charge >= 0.3 is 11.9 Å². The van der Waals surface area contributed by atoms with Crippen LogP contribution in [0.1, 0.15) is 58.1 Å². The van der Waals surface area contributed by atoms with Crippen LogP contribution in [0.25, 0.3) is 0 Å². The lowest BCUT2D eigenvalue weighted by Gasteiger charge is -2.12. The van der Waals surface area contributed by atoms with Crippen molar-refractivity contribution in [2.24, 2.45) is 5.92 Å². The Morgan fingerprint density at radius 2 is 1.79 bits per heavy atom. The van der Waals surface area contributed by atoms with Crippen molar-refractivity contribution in [3.05, 3.63) is 24.5 Å². The van der Waals surface area contributed by atoms with E-state index < -0.39 is 0 Å². The van der Waals surface area contributed by atoms with E-state index in [1.165, 1.54) is 19.9 Å². The summed E-state index contributed by atoms with van der Waals surface area (Å²) in [5, 5.41) is 11.1. The van der Waals surface area contributed by atoms with Crippen LogP contribution in [0, 0.1) is 5.92 Å². The molecule has 0 bridgehead atoms. The van der Waals surface area contributed by atoms with Gasteiger partial charge in [0, 0.05) is 37.9 Å². The monoisotopic (exact) mass is 464 g/mol. The minimum atomic E-state index is -0.339. The van der Waals surface area contributed by atoms with E-state index in [2.05, 4.69) is 22.2 Å². The molecule has 0 aliphatic carbocycles. The van der Waals surface area contributed by atoms with E-state index in [0.717, 1.165) is 5.69 Å². The van der Waals surface area contributed by atoms with Crippen molar-refractivity contribution < 1.29 is 28.7 Å². The highest BCUT2D eigenvalue weighted by Crippen LogP contribution is 2.16. The van der Waals surface area contributed by atoms with Crippen LogP contribution in [0.15, 0.2) is 18.9 Å². The Bertz CT molecular complexity index is 792. The molecule has 0 aliphatic heterocycles. The molecular weight excluding hydrogens is 428 g/mol. The van der Waals surface area contributed by atoms with Gasteiger partial charge in [-0.25, -0.2) is 0 Å². The zero-order valence-corrected chi connectivity index (χ0v) is 19.9. The molecule has 1 heterocycles. The number of nitrogens with zero attached hydrogens (tertiary/aromatic N) is 3. The van der Waals surface area contributed by atoms with Gasteiger partial charge in [-0.05, 0) is 46.6 Å². The maximum atomic E-state index is 11.9. The van der Waals surface area contributed by atoms with Crippen molar-refractivity contribution in [2.45, 2.75) is 71.4 Å². The lowest BCUT2D eigenvalue weighted by atomic mass is 9.93. The molecule has 0 aliphatic rings. The molecule has 1 aromatic rings. The van der Waals surface area contributed by atoms with Gasteiger partial charge in [0.2, 0.25) is 0 Å². The van der Waals surface area contributed by atoms with Crippen molar-refractivity contribution >= 4 is 23.5 Å². The Balaban J connectivity index is 2.31. The first-order chi connectivity index (χ1) is 15.8. The van der Waals surface area contributed by atoms with Crippen LogP contribution in [0.5, 0.6) is 0 Å². The number of hydrogen-bond donors (Lipinski definition) is 1. The standard InChI is InChI=1S/C23H36N4O6/c1-5-14-32-22(30)11-8-19(17(2)28)7-9-20-16-27(26-25-20)13-6-15-33-23(31)12-10-21(24-4)18(3)29/h5,16,19,21,24H,1,6-15H2,2-4H3/t19?,21-/m0/s1. The number of aryl methyl sites for hydroxylation is 2. The highest BCUT2D eigenvalue weighted by atomic mass is 16.5. The van der Waals surface area contributed by atoms with Crippen LogP contribution in [0.3, 0.4) is 0 Å². The molecule has 0 amide bonds. The fraction of sp³-hybridized carbons (Fsp3) is 0.652. The van der Waals surface area contributed by atoms with E-state index in [1.807, 2.05) is 6.20 Å². The highest BCUT2D eigenvalue weighted by molar-refractivity contribution is 5.82. The van der Waals surface area contributed by atoms with Crippen LogP contribution in [0.4, 0.5) is 0 Å². The second kappa shape index (κ2) is 15.8. The number of carbonyl (C=O) groups excluding carboxylic acids is 4. The molecule has 0 fully saturated rings. The minimum Gasteiger partial charge on any atom is -0.466 e. The molecule has 0 saturated carbocycles. The fourth-order valence-corrected chi connectivity index (χ4v) is 3.25. The fourth-order valence-electron chi connectivity index (χ4n) is 3.25. The average Bonchev–Trinajstić information content (AvgIpc) is 3.22. The molecular formula is C23H36N4O6. The first kappa shape index (κ1) is 28.2. The van der Waals surface area contributed by atoms with Gasteiger partial charge in [-0.15, -0.1) is 5.10 Å². The van der Waals surface area contributed by atoms with Crippen LogP contribution >= 0.6 is 0 Å². The largest absolute Gasteiger partial charge is 0.466 e. The maximum Gasteiger partial charge on any atom is 0.306 e. The van der Waals surface area contributed by atoms with E-state index in [1.54, 1.807) is 11.7 Å². The van der Waals surface area contributed by atoms with Gasteiger partial charge in [0.1, 0.15) is 18.2 Å². The van der Waals surface area contributed by atoms with Gasteiger partial charge in [-0.2, -0.15) is 0 Å². The summed E-state index contributed by atoms with van der Waals surface area (Å²) < 4.78 is 11.8. The molecule has 0 spiro atoms. The molecule has 10 nitrogen and oxygen atoms in total. The molecule has 0 radical (unpaired) electrons. The van der Waals surface area contributed by atoms with Gasteiger partial charge in [0.25, 0.3) is 0 Å². The predicted octanol–water partition coefficient (Wildman–Crippen LogP) is 1.82. The lowest BCUT2D eigenvalue weighted by molar-refractivity contribution is -0.144. The summed E-state index contributed by atoms with van der Waals surface area (Å²) in [5.41, 5.74) is 0.759. The first-order valence-electron chi connectivity index (χ1n) is 11.3. The molecule has 1 aromatic heterocycles. The zero-order chi connectivity index (χ0) is 24.6. The predicted molar refractivity (Wildman–Crippen MR) is 121 cm³/mol. The maximum absolute atomic E-state index is 11.9. The second-order valence-corrected chi connectivity index (χ2v) is 7.89. The quantitative estimate of drug-likeness (QED) is 0.196. The lowest BCUT2D eigenvalue weighted by Crippen LogP contribution is -2.32. The van der Waals surface area contributed by atoms with Crippen LogP contribution in [-0.4, -0.2) is 64.8 Å². The van der Waals surface area contributed by atoms with Crippen molar-refractivity contribution in [1.29, 1.82) is 0 Å². The number of carbonyl (C=O) groups is 4. The highest BCUT2D eigenvalue weighted by Gasteiger charge is 2.18. The molecule has 1 N–H and O–H groups in total. The Kier molecular flexibility index (Phi) is 13.5. The van der Waals surface area contributed by atoms with Crippen molar-refractivity contribution in [2.75, 3.05) is 20.3 Å². The molecule has 1 rings (SSSR count). The summed E-state index contributed by atoms with van der Waals surface area (Å²) in [6.07, 6.45) is 6.26. The SMILES string of the molecule is C=CCOC(=O)CCC(CCc1cn(CCCOC(=O)CC[C@H](NC)C(C)=O)nn1)C(C)=O. The van der Waals surface area contributed by atoms with E-state index in [4.69, 9.17) is 9.47 Å². The topological polar surface area (TPSA) is 129 Å². The molecule has 184 valence electrons. The number of likely N-dealkylation sites (N-methyl/N-ethyl adjacent to an activating group) is 1. The van der Waals surface area contributed by atoms with E-state index in [0.29, 0.717) is 38.6 Å². The first-order valence-corrected chi connectivity index (χ1v) is 11.3. The third-order valence-electron chi connectivity index (χ3n) is 5.24. The normalized spacial score (nSPS) is 12.6. The number of esters is 2. The molecule has 10 heteroatoms. The van der Waals surface area contributed by atoms with Gasteiger partial charge < -0.3 is 14.8 Å². The molecule has 1 unspecified atom stereocenters. The third-order valence-corrected chi connectivity index (χ3v) is 5.24. The molecule has 0 saturated heterocycles. The Labute approximate surface area is 195 Å². The molecule has 33 heavy (non-hydrogen) atoms. The number of nitrogens with one attached hydrogen (secondary N) is 1. The Hall–Kier alpha value is -2.88. The zero-order valence-electron chi connectivity index (χ0n) is 19.9. The average molecular weight is 465 g/mol. The second-order valence-electron chi connectivity index (χ2n) is 7.89. The Morgan fingerprint density at radius 1 is 1.09 bits per heavy atom. The number of ether oxygens (including phenoxy) is 2. The van der Waals surface area contributed by atoms with E-state index >= 15 is 0 Å². The molecule has 0 aromatic carbocycles. The smallest absolute Gasteiger partial charge is 0.306 e. The van der Waals surface area contributed by atoms with Gasteiger partial charge in [0.15, 0.2) is 0 Å². The number of ketones is 2. The summed E-state index contributed by atoms with van der Waals surface area (Å²) in [6.45, 7) is 7.47. The summed E-state index contributed by atoms with van der Waals surface area (Å²) in [7, 11) is 1.69. The van der Waals surface area contributed by atoms with Gasteiger partial charge in [-0.1, -0.05) is 17.9 Å². The summed E-state index contributed by atoms with van der Waals surface area (Å²) in [6, 6.07) is -0.334. The number of hydrogen-bond acceptors (Lipinski definition) is 9. The van der Waals surface area contributed by atoms with Gasteiger partial charge in [0.05, 0.1) is 18.3 Å². The van der Waals surface area contributed by atoms with E-state index in [-0.39, 0.29) is 61.5 Å². The third kappa shape index (κ3) is 12.1. The summed E-state index contributed by atoms with van der Waals surface area (Å²) in [5.74, 6) is -0.887. The van der Waals surface area contributed by atoms with E-state index in [9.17, 15) is 19.2 Å². The van der Waals surface area contributed by atoms with Crippen molar-refractivity contribution in [3.8, 4) is 0 Å². The summed E-state index contributed by atoms with van der Waals surface area (Å²) in [4.78, 5) is 46.7. The van der Waals surface area contributed by atoms with Crippen molar-refractivity contribution in [3.63, 3.8) is 0 Å². The number of rotatable bonds is 18. The number of Topliss-reactive ketones (excluding diaryl/α,β-unsaturated/α-hetero) is 2. The van der Waals surface area contributed by atoms with Crippen LogP contribution in [0.2, 0.25) is 0 Å². The Morgan fingerprint density at radius 3 is 2.42 bits per heavy atom.